The van der Waals surface area contributed by atoms with Crippen molar-refractivity contribution in [2.45, 2.75) is 46.5 Å². The van der Waals surface area contributed by atoms with Gasteiger partial charge in [-0.2, -0.15) is 0 Å². The van der Waals surface area contributed by atoms with Crippen LogP contribution in [0.25, 0.3) is 0 Å². The first-order chi connectivity index (χ1) is 12.1. The zero-order valence-electron chi connectivity index (χ0n) is 16.1. The molecule has 1 saturated carbocycles. The van der Waals surface area contributed by atoms with Gasteiger partial charge in [-0.25, -0.2) is 12.8 Å². The van der Waals surface area contributed by atoms with Crippen molar-refractivity contribution < 1.29 is 22.3 Å². The first-order valence-electron chi connectivity index (χ1n) is 9.34. The van der Waals surface area contributed by atoms with E-state index in [0.29, 0.717) is 38.6 Å². The lowest BCUT2D eigenvalue weighted by atomic mass is 9.99. The maximum atomic E-state index is 13.8. The molecule has 1 aromatic carbocycles. The second kappa shape index (κ2) is 9.18. The molecular weight excluding hydrogens is 355 g/mol. The SMILES string of the molecule is CC(C)(C)COCCCS(=O)(=O)CCc1ccc(F)c(OCC2CC2)c1. The van der Waals surface area contributed by atoms with Crippen LogP contribution in [0.2, 0.25) is 0 Å². The zero-order valence-corrected chi connectivity index (χ0v) is 16.9. The van der Waals surface area contributed by atoms with Gasteiger partial charge in [-0.1, -0.05) is 26.8 Å². The summed E-state index contributed by atoms with van der Waals surface area (Å²) in [7, 11) is -3.15. The summed E-state index contributed by atoms with van der Waals surface area (Å²) in [6.45, 7) is 7.84. The maximum absolute atomic E-state index is 13.8. The third kappa shape index (κ3) is 8.49. The molecule has 2 rings (SSSR count). The molecule has 0 aliphatic heterocycles. The average molecular weight is 387 g/mol. The van der Waals surface area contributed by atoms with Crippen molar-refractivity contribution in [1.82, 2.24) is 0 Å². The van der Waals surface area contributed by atoms with Gasteiger partial charge in [0.25, 0.3) is 0 Å². The molecule has 4 nitrogen and oxygen atoms in total. The Morgan fingerprint density at radius 3 is 2.58 bits per heavy atom. The van der Waals surface area contributed by atoms with Crippen molar-refractivity contribution in [1.29, 1.82) is 0 Å². The Hall–Kier alpha value is -1.14. The largest absolute Gasteiger partial charge is 0.490 e. The fraction of sp³-hybridized carbons (Fsp3) is 0.700. The molecule has 0 spiro atoms. The topological polar surface area (TPSA) is 52.6 Å². The first-order valence-corrected chi connectivity index (χ1v) is 11.2. The summed E-state index contributed by atoms with van der Waals surface area (Å²) >= 11 is 0. The molecule has 0 radical (unpaired) electrons. The van der Waals surface area contributed by atoms with Gasteiger partial charge in [0.05, 0.1) is 24.7 Å². The van der Waals surface area contributed by atoms with Gasteiger partial charge in [0.15, 0.2) is 21.4 Å². The quantitative estimate of drug-likeness (QED) is 0.539. The van der Waals surface area contributed by atoms with Gasteiger partial charge < -0.3 is 9.47 Å². The Labute approximate surface area is 157 Å². The lowest BCUT2D eigenvalue weighted by molar-refractivity contribution is 0.0720. The standard InChI is InChI=1S/C20H31FO4S/c1-20(2,3)15-24-10-4-11-26(22,23)12-9-16-7-8-18(21)19(13-16)25-14-17-5-6-17/h7-8,13,17H,4-6,9-12,14-15H2,1-3H3. The average Bonchev–Trinajstić information content (AvgIpc) is 3.36. The molecule has 1 fully saturated rings. The van der Waals surface area contributed by atoms with Gasteiger partial charge in [-0.3, -0.25) is 0 Å². The second-order valence-electron chi connectivity index (χ2n) is 8.39. The number of sulfone groups is 1. The van der Waals surface area contributed by atoms with E-state index < -0.39 is 15.7 Å². The summed E-state index contributed by atoms with van der Waals surface area (Å²) in [5.41, 5.74) is 0.866. The van der Waals surface area contributed by atoms with E-state index in [9.17, 15) is 12.8 Å². The molecule has 1 aliphatic carbocycles. The maximum Gasteiger partial charge on any atom is 0.165 e. The van der Waals surface area contributed by atoms with Gasteiger partial charge in [0.1, 0.15) is 0 Å². The first kappa shape index (κ1) is 21.2. The highest BCUT2D eigenvalue weighted by Gasteiger charge is 2.22. The van der Waals surface area contributed by atoms with E-state index >= 15 is 0 Å². The minimum atomic E-state index is -3.15. The highest BCUT2D eigenvalue weighted by molar-refractivity contribution is 7.91. The molecule has 148 valence electrons. The lowest BCUT2D eigenvalue weighted by Crippen LogP contribution is -2.18. The van der Waals surface area contributed by atoms with Gasteiger partial charge in [-0.15, -0.1) is 0 Å². The Kier molecular flexibility index (Phi) is 7.47. The molecule has 0 amide bonds. The molecule has 0 unspecified atom stereocenters. The Bertz CT molecular complexity index is 676. The monoisotopic (exact) mass is 386 g/mol. The second-order valence-corrected chi connectivity index (χ2v) is 10.7. The summed E-state index contributed by atoms with van der Waals surface area (Å²) in [5, 5.41) is 0. The minimum Gasteiger partial charge on any atom is -0.490 e. The summed E-state index contributed by atoms with van der Waals surface area (Å²) < 4.78 is 49.2. The van der Waals surface area contributed by atoms with Crippen LogP contribution in [0.15, 0.2) is 18.2 Å². The Balaban J connectivity index is 1.74. The van der Waals surface area contributed by atoms with Crippen molar-refractivity contribution in [3.8, 4) is 5.75 Å². The van der Waals surface area contributed by atoms with Crippen LogP contribution in [0.4, 0.5) is 4.39 Å². The van der Waals surface area contributed by atoms with Crippen molar-refractivity contribution in [3.63, 3.8) is 0 Å². The van der Waals surface area contributed by atoms with Crippen molar-refractivity contribution in [2.75, 3.05) is 31.3 Å². The van der Waals surface area contributed by atoms with Crippen molar-refractivity contribution in [3.05, 3.63) is 29.6 Å². The molecule has 1 aliphatic rings. The Morgan fingerprint density at radius 2 is 1.92 bits per heavy atom. The molecular formula is C20H31FO4S. The van der Waals surface area contributed by atoms with Crippen LogP contribution in [0.1, 0.15) is 45.6 Å². The van der Waals surface area contributed by atoms with Gasteiger partial charge in [-0.05, 0) is 54.7 Å². The van der Waals surface area contributed by atoms with E-state index in [1.54, 1.807) is 12.1 Å². The minimum absolute atomic E-state index is 0.0555. The van der Waals surface area contributed by atoms with Gasteiger partial charge in [0, 0.05) is 6.61 Å². The van der Waals surface area contributed by atoms with Crippen molar-refractivity contribution >= 4 is 9.84 Å². The predicted octanol–water partition coefficient (Wildman–Crippen LogP) is 4.02. The summed E-state index contributed by atoms with van der Waals surface area (Å²) in [4.78, 5) is 0. The van der Waals surface area contributed by atoms with E-state index in [2.05, 4.69) is 20.8 Å². The fourth-order valence-electron chi connectivity index (χ4n) is 2.44. The van der Waals surface area contributed by atoms with E-state index in [-0.39, 0.29) is 22.7 Å². The van der Waals surface area contributed by atoms with Crippen LogP contribution in [0.3, 0.4) is 0 Å². The number of ether oxygens (including phenoxy) is 2. The van der Waals surface area contributed by atoms with E-state index in [1.165, 1.54) is 6.07 Å². The van der Waals surface area contributed by atoms with Crippen LogP contribution in [0.5, 0.6) is 5.75 Å². The number of hydrogen-bond acceptors (Lipinski definition) is 4. The third-order valence-electron chi connectivity index (χ3n) is 4.15. The molecule has 1 aromatic rings. The van der Waals surface area contributed by atoms with Crippen LogP contribution in [-0.2, 0) is 21.0 Å². The smallest absolute Gasteiger partial charge is 0.165 e. The van der Waals surface area contributed by atoms with E-state index in [0.717, 1.165) is 18.4 Å². The van der Waals surface area contributed by atoms with Crippen molar-refractivity contribution in [2.24, 2.45) is 11.3 Å². The molecule has 0 aromatic heterocycles. The fourth-order valence-corrected chi connectivity index (χ4v) is 3.75. The lowest BCUT2D eigenvalue weighted by Gasteiger charge is -2.17. The summed E-state index contributed by atoms with van der Waals surface area (Å²) in [5.74, 6) is 0.540. The van der Waals surface area contributed by atoms with Crippen LogP contribution in [0, 0.1) is 17.2 Å². The van der Waals surface area contributed by atoms with E-state index in [4.69, 9.17) is 9.47 Å². The molecule has 6 heteroatoms. The van der Waals surface area contributed by atoms with Crippen LogP contribution in [-0.4, -0.2) is 39.7 Å². The molecule has 0 saturated heterocycles. The highest BCUT2D eigenvalue weighted by Crippen LogP contribution is 2.30. The Morgan fingerprint density at radius 1 is 1.19 bits per heavy atom. The number of hydrogen-bond donors (Lipinski definition) is 0. The molecule has 0 atom stereocenters. The zero-order chi connectivity index (χ0) is 19.2. The molecule has 0 heterocycles. The summed E-state index contributed by atoms with van der Waals surface area (Å²) in [6.07, 6.45) is 3.14. The third-order valence-corrected chi connectivity index (χ3v) is 5.88. The number of aryl methyl sites for hydroxylation is 1. The number of benzene rings is 1. The number of halogens is 1. The summed E-state index contributed by atoms with van der Waals surface area (Å²) in [6, 6.07) is 4.60. The normalized spacial score (nSPS) is 15.2. The predicted molar refractivity (Wildman–Crippen MR) is 102 cm³/mol. The van der Waals surface area contributed by atoms with Crippen LogP contribution < -0.4 is 4.74 Å². The van der Waals surface area contributed by atoms with Crippen LogP contribution >= 0.6 is 0 Å². The van der Waals surface area contributed by atoms with Gasteiger partial charge >= 0.3 is 0 Å². The molecule has 0 bridgehead atoms. The highest BCUT2D eigenvalue weighted by atomic mass is 32.2. The molecule has 26 heavy (non-hydrogen) atoms. The van der Waals surface area contributed by atoms with E-state index in [1.807, 2.05) is 0 Å². The van der Waals surface area contributed by atoms with Gasteiger partial charge in [0.2, 0.25) is 0 Å². The molecule has 0 N–H and O–H groups in total. The number of rotatable bonds is 11.